The van der Waals surface area contributed by atoms with Gasteiger partial charge in [0.05, 0.1) is 0 Å². The molecule has 0 saturated carbocycles. The Bertz CT molecular complexity index is 936. The van der Waals surface area contributed by atoms with Gasteiger partial charge < -0.3 is 10.2 Å². The highest BCUT2D eigenvalue weighted by atomic mass is 35.5. The smallest absolute Gasteiger partial charge is 0.156 e. The maximum atomic E-state index is 6.03. The van der Waals surface area contributed by atoms with E-state index in [9.17, 15) is 0 Å². The van der Waals surface area contributed by atoms with Gasteiger partial charge in [-0.2, -0.15) is 0 Å². The van der Waals surface area contributed by atoms with Gasteiger partial charge in [-0.1, -0.05) is 61.8 Å². The van der Waals surface area contributed by atoms with Crippen molar-refractivity contribution in [1.29, 1.82) is 0 Å². The maximum absolute atomic E-state index is 6.03. The molecule has 0 spiro atoms. The molecule has 2 aromatic carbocycles. The first-order valence-corrected chi connectivity index (χ1v) is 9.28. The second kappa shape index (κ2) is 6.53. The molecule has 5 heteroatoms. The molecular formula is C21H23ClN4. The van der Waals surface area contributed by atoms with E-state index in [1.165, 1.54) is 0 Å². The highest BCUT2D eigenvalue weighted by Crippen LogP contribution is 2.34. The third-order valence-electron chi connectivity index (χ3n) is 5.23. The van der Waals surface area contributed by atoms with Crippen LogP contribution in [0.2, 0.25) is 5.02 Å². The van der Waals surface area contributed by atoms with E-state index in [4.69, 9.17) is 11.6 Å². The van der Waals surface area contributed by atoms with E-state index >= 15 is 0 Å². The van der Waals surface area contributed by atoms with Crippen LogP contribution in [0.25, 0.3) is 22.0 Å². The molecule has 1 unspecified atom stereocenters. The van der Waals surface area contributed by atoms with Gasteiger partial charge >= 0.3 is 0 Å². The van der Waals surface area contributed by atoms with Crippen LogP contribution in [0.3, 0.4) is 0 Å². The first kappa shape index (κ1) is 17.3. The summed E-state index contributed by atoms with van der Waals surface area (Å²) in [4.78, 5) is 2.36. The van der Waals surface area contributed by atoms with Gasteiger partial charge in [0, 0.05) is 40.5 Å². The average Bonchev–Trinajstić information content (AvgIpc) is 2.87. The summed E-state index contributed by atoms with van der Waals surface area (Å²) in [5.74, 6) is 0.853. The molecule has 3 aromatic rings. The second-order valence-corrected chi connectivity index (χ2v) is 8.27. The van der Waals surface area contributed by atoms with E-state index in [0.29, 0.717) is 6.04 Å². The predicted molar refractivity (Wildman–Crippen MR) is 109 cm³/mol. The number of halogens is 1. The summed E-state index contributed by atoms with van der Waals surface area (Å²) in [6, 6.07) is 16.4. The van der Waals surface area contributed by atoms with Gasteiger partial charge in [-0.25, -0.2) is 0 Å². The Balaban J connectivity index is 1.76. The molecule has 134 valence electrons. The Labute approximate surface area is 159 Å². The molecule has 1 N–H and O–H groups in total. The van der Waals surface area contributed by atoms with Crippen molar-refractivity contribution in [1.82, 2.24) is 15.1 Å². The van der Waals surface area contributed by atoms with Crippen LogP contribution in [-0.4, -0.2) is 41.3 Å². The van der Waals surface area contributed by atoms with Crippen molar-refractivity contribution in [2.24, 2.45) is 5.41 Å². The Morgan fingerprint density at radius 2 is 1.73 bits per heavy atom. The zero-order valence-corrected chi connectivity index (χ0v) is 16.1. The zero-order chi connectivity index (χ0) is 18.3. The average molecular weight is 367 g/mol. The molecule has 26 heavy (non-hydrogen) atoms. The predicted octanol–water partition coefficient (Wildman–Crippen LogP) is 4.70. The number of likely N-dealkylation sites (N-methyl/N-ethyl adjacent to an activating group) is 1. The number of anilines is 1. The molecule has 0 radical (unpaired) electrons. The zero-order valence-electron chi connectivity index (χ0n) is 15.3. The summed E-state index contributed by atoms with van der Waals surface area (Å²) in [6.07, 6.45) is 0. The minimum absolute atomic E-state index is 0.187. The Kier molecular flexibility index (Phi) is 4.33. The van der Waals surface area contributed by atoms with Crippen molar-refractivity contribution in [3.8, 4) is 11.3 Å². The van der Waals surface area contributed by atoms with Crippen LogP contribution in [0.1, 0.15) is 13.8 Å². The number of nitrogens with zero attached hydrogens (tertiary/aromatic N) is 3. The van der Waals surface area contributed by atoms with E-state index < -0.39 is 0 Å². The number of fused-ring (bicyclic) bond motifs is 1. The van der Waals surface area contributed by atoms with Crippen LogP contribution in [0.15, 0.2) is 48.5 Å². The van der Waals surface area contributed by atoms with E-state index in [2.05, 4.69) is 53.4 Å². The molecule has 1 saturated heterocycles. The lowest BCUT2D eigenvalue weighted by atomic mass is 9.88. The molecule has 2 heterocycles. The summed E-state index contributed by atoms with van der Waals surface area (Å²) in [5, 5.41) is 15.7. The first-order valence-electron chi connectivity index (χ1n) is 8.90. The largest absolute Gasteiger partial charge is 0.363 e. The lowest BCUT2D eigenvalue weighted by molar-refractivity contribution is 0.329. The normalized spacial score (nSPS) is 19.8. The van der Waals surface area contributed by atoms with Gasteiger partial charge in [0.1, 0.15) is 5.69 Å². The summed E-state index contributed by atoms with van der Waals surface area (Å²) in [5.41, 5.74) is 2.09. The molecule has 1 aromatic heterocycles. The number of rotatable bonds is 3. The third-order valence-corrected chi connectivity index (χ3v) is 5.48. The first-order chi connectivity index (χ1) is 12.4. The van der Waals surface area contributed by atoms with Crippen molar-refractivity contribution in [2.75, 3.05) is 25.5 Å². The molecule has 1 aliphatic heterocycles. The van der Waals surface area contributed by atoms with E-state index in [-0.39, 0.29) is 5.41 Å². The summed E-state index contributed by atoms with van der Waals surface area (Å²) in [6.45, 7) is 6.67. The van der Waals surface area contributed by atoms with Gasteiger partial charge in [-0.15, -0.1) is 10.2 Å². The molecule has 1 aliphatic rings. The fraction of sp³-hybridized carbons (Fsp3) is 0.333. The number of nitrogens with one attached hydrogen (secondary N) is 1. The quantitative estimate of drug-likeness (QED) is 0.729. The highest BCUT2D eigenvalue weighted by Gasteiger charge is 2.38. The minimum atomic E-state index is 0.187. The molecule has 1 atom stereocenters. The molecule has 0 amide bonds. The number of aromatic nitrogens is 2. The topological polar surface area (TPSA) is 41.0 Å². The van der Waals surface area contributed by atoms with Crippen molar-refractivity contribution in [3.63, 3.8) is 0 Å². The highest BCUT2D eigenvalue weighted by molar-refractivity contribution is 6.30. The standard InChI is InChI=1S/C21H23ClN4/c1-21(2)13-26(3)12-18(21)23-20-17-7-5-4-6-16(17)19(24-25-20)14-8-10-15(22)11-9-14/h4-11,18H,12-13H2,1-3H3,(H,23,25). The molecule has 4 rings (SSSR count). The van der Waals surface area contributed by atoms with E-state index in [0.717, 1.165) is 46.0 Å². The number of hydrogen-bond acceptors (Lipinski definition) is 4. The summed E-state index contributed by atoms with van der Waals surface area (Å²) in [7, 11) is 2.16. The van der Waals surface area contributed by atoms with Gasteiger partial charge in [-0.05, 0) is 24.6 Å². The Hall–Kier alpha value is -2.17. The lowest BCUT2D eigenvalue weighted by Crippen LogP contribution is -2.35. The maximum Gasteiger partial charge on any atom is 0.156 e. The fourth-order valence-electron chi connectivity index (χ4n) is 3.87. The van der Waals surface area contributed by atoms with Crippen molar-refractivity contribution in [2.45, 2.75) is 19.9 Å². The van der Waals surface area contributed by atoms with Crippen LogP contribution >= 0.6 is 11.6 Å². The Morgan fingerprint density at radius 1 is 1.04 bits per heavy atom. The molecule has 0 bridgehead atoms. The second-order valence-electron chi connectivity index (χ2n) is 7.83. The van der Waals surface area contributed by atoms with Gasteiger partial charge in [-0.3, -0.25) is 0 Å². The lowest BCUT2D eigenvalue weighted by Gasteiger charge is -2.27. The van der Waals surface area contributed by atoms with Crippen LogP contribution in [0, 0.1) is 5.41 Å². The molecule has 4 nitrogen and oxygen atoms in total. The fourth-order valence-corrected chi connectivity index (χ4v) is 3.99. The van der Waals surface area contributed by atoms with Gasteiger partial charge in [0.15, 0.2) is 5.82 Å². The van der Waals surface area contributed by atoms with Crippen LogP contribution in [0.4, 0.5) is 5.82 Å². The van der Waals surface area contributed by atoms with Crippen LogP contribution in [-0.2, 0) is 0 Å². The van der Waals surface area contributed by atoms with Gasteiger partial charge in [0.2, 0.25) is 0 Å². The molecular weight excluding hydrogens is 344 g/mol. The molecule has 0 aliphatic carbocycles. The Morgan fingerprint density at radius 3 is 2.38 bits per heavy atom. The number of likely N-dealkylation sites (tertiary alicyclic amines) is 1. The van der Waals surface area contributed by atoms with Gasteiger partial charge in [0.25, 0.3) is 0 Å². The molecule has 1 fully saturated rings. The third kappa shape index (κ3) is 3.15. The van der Waals surface area contributed by atoms with Crippen LogP contribution < -0.4 is 5.32 Å². The number of hydrogen-bond donors (Lipinski definition) is 1. The van der Waals surface area contributed by atoms with Crippen molar-refractivity contribution < 1.29 is 0 Å². The summed E-state index contributed by atoms with van der Waals surface area (Å²) >= 11 is 6.03. The monoisotopic (exact) mass is 366 g/mol. The number of benzene rings is 2. The summed E-state index contributed by atoms with van der Waals surface area (Å²) < 4.78 is 0. The van der Waals surface area contributed by atoms with Crippen LogP contribution in [0.5, 0.6) is 0 Å². The van der Waals surface area contributed by atoms with E-state index in [1.54, 1.807) is 0 Å². The van der Waals surface area contributed by atoms with Crippen molar-refractivity contribution >= 4 is 28.2 Å². The SMILES string of the molecule is CN1CC(Nc2nnc(-c3ccc(Cl)cc3)c3ccccc23)C(C)(C)C1. The minimum Gasteiger partial charge on any atom is -0.363 e. The van der Waals surface area contributed by atoms with Crippen molar-refractivity contribution in [3.05, 3.63) is 53.6 Å². The van der Waals surface area contributed by atoms with E-state index in [1.807, 2.05) is 36.4 Å².